The first-order valence-corrected chi connectivity index (χ1v) is 13.3. The smallest absolute Gasteiger partial charge is 0.421 e. The summed E-state index contributed by atoms with van der Waals surface area (Å²) in [4.78, 5) is 20.5. The second-order valence-electron chi connectivity index (χ2n) is 10.00. The van der Waals surface area contributed by atoms with Crippen LogP contribution in [0, 0.1) is 5.82 Å². The molecule has 3 heterocycles. The van der Waals surface area contributed by atoms with Crippen molar-refractivity contribution in [1.29, 1.82) is 0 Å². The summed E-state index contributed by atoms with van der Waals surface area (Å²) in [7, 11) is 0. The van der Waals surface area contributed by atoms with Gasteiger partial charge in [-0.05, 0) is 54.4 Å². The van der Waals surface area contributed by atoms with Crippen molar-refractivity contribution >= 4 is 39.5 Å². The molecule has 1 saturated heterocycles. The van der Waals surface area contributed by atoms with Crippen LogP contribution in [0.3, 0.4) is 0 Å². The van der Waals surface area contributed by atoms with E-state index in [1.54, 1.807) is 30.3 Å². The molecule has 0 unspecified atom stereocenters. The molecule has 3 aromatic carbocycles. The zero-order valence-corrected chi connectivity index (χ0v) is 22.5. The van der Waals surface area contributed by atoms with E-state index in [-0.39, 0.29) is 33.2 Å². The van der Waals surface area contributed by atoms with Gasteiger partial charge in [0, 0.05) is 29.0 Å². The van der Waals surface area contributed by atoms with Gasteiger partial charge in [0.25, 0.3) is 0 Å². The average Bonchev–Trinajstić information content (AvgIpc) is 3.24. The van der Waals surface area contributed by atoms with Gasteiger partial charge >= 0.3 is 12.1 Å². The number of aromatic carboxylic acids is 1. The molecule has 1 fully saturated rings. The van der Waals surface area contributed by atoms with Gasteiger partial charge in [0.15, 0.2) is 0 Å². The van der Waals surface area contributed by atoms with Crippen LogP contribution in [-0.4, -0.2) is 38.3 Å². The SMILES string of the molecule is O=C(O)c1ccc2nc(Cc3ccc4cc(C(F)(F)F)c(OCc5ccc(Cl)cc5F)nc4c3)n(C[C@@H]3CCO3)c2c1. The molecule has 216 valence electrons. The fourth-order valence-electron chi connectivity index (χ4n) is 4.86. The first-order valence-electron chi connectivity index (χ1n) is 13.0. The van der Waals surface area contributed by atoms with Crippen LogP contribution in [0.25, 0.3) is 21.9 Å². The number of aromatic nitrogens is 3. The number of carboxylic acid groups (broad SMARTS) is 1. The topological polar surface area (TPSA) is 86.5 Å². The highest BCUT2D eigenvalue weighted by molar-refractivity contribution is 6.30. The number of hydrogen-bond acceptors (Lipinski definition) is 5. The highest BCUT2D eigenvalue weighted by Gasteiger charge is 2.36. The normalized spacial score (nSPS) is 15.2. The van der Waals surface area contributed by atoms with Crippen LogP contribution in [0.4, 0.5) is 17.6 Å². The molecule has 0 amide bonds. The molecule has 1 aliphatic heterocycles. The third-order valence-electron chi connectivity index (χ3n) is 7.15. The molecule has 7 nitrogen and oxygen atoms in total. The molecule has 12 heteroatoms. The predicted octanol–water partition coefficient (Wildman–Crippen LogP) is 7.05. The van der Waals surface area contributed by atoms with Gasteiger partial charge in [-0.3, -0.25) is 0 Å². The van der Waals surface area contributed by atoms with E-state index in [1.807, 2.05) is 4.57 Å². The van der Waals surface area contributed by atoms with Crippen LogP contribution in [0.1, 0.15) is 39.3 Å². The van der Waals surface area contributed by atoms with Gasteiger partial charge in [-0.15, -0.1) is 0 Å². The van der Waals surface area contributed by atoms with Gasteiger partial charge in [-0.2, -0.15) is 13.2 Å². The van der Waals surface area contributed by atoms with Crippen LogP contribution in [-0.2, 0) is 30.5 Å². The Balaban J connectivity index is 1.35. The Kier molecular flexibility index (Phi) is 7.24. The summed E-state index contributed by atoms with van der Waals surface area (Å²) in [6.45, 7) is 0.656. The largest absolute Gasteiger partial charge is 0.478 e. The molecule has 1 N–H and O–H groups in total. The molecular weight excluding hydrogens is 578 g/mol. The predicted molar refractivity (Wildman–Crippen MR) is 146 cm³/mol. The number of ether oxygens (including phenoxy) is 2. The molecule has 0 spiro atoms. The molecule has 1 aliphatic rings. The van der Waals surface area contributed by atoms with Crippen LogP contribution >= 0.6 is 11.6 Å². The van der Waals surface area contributed by atoms with Crippen LogP contribution in [0.5, 0.6) is 5.88 Å². The average molecular weight is 600 g/mol. The Hall–Kier alpha value is -4.22. The Morgan fingerprint density at radius 3 is 2.57 bits per heavy atom. The monoisotopic (exact) mass is 599 g/mol. The quantitative estimate of drug-likeness (QED) is 0.192. The van der Waals surface area contributed by atoms with E-state index in [2.05, 4.69) is 4.98 Å². The maximum absolute atomic E-state index is 14.2. The first-order chi connectivity index (χ1) is 20.0. The lowest BCUT2D eigenvalue weighted by molar-refractivity contribution is -0.139. The van der Waals surface area contributed by atoms with E-state index in [4.69, 9.17) is 26.1 Å². The lowest BCUT2D eigenvalue weighted by Gasteiger charge is -2.27. The maximum atomic E-state index is 14.2. The van der Waals surface area contributed by atoms with E-state index in [0.29, 0.717) is 42.0 Å². The molecule has 1 atom stereocenters. The van der Waals surface area contributed by atoms with Gasteiger partial charge in [0.1, 0.15) is 23.8 Å². The summed E-state index contributed by atoms with van der Waals surface area (Å²) in [5, 5.41) is 9.87. The summed E-state index contributed by atoms with van der Waals surface area (Å²) in [6, 6.07) is 14.4. The lowest BCUT2D eigenvalue weighted by atomic mass is 10.1. The minimum Gasteiger partial charge on any atom is -0.478 e. The lowest BCUT2D eigenvalue weighted by Crippen LogP contribution is -2.31. The third-order valence-corrected chi connectivity index (χ3v) is 7.38. The molecular formula is C30H22ClF4N3O4. The molecule has 0 saturated carbocycles. The van der Waals surface area contributed by atoms with Crippen LogP contribution in [0.2, 0.25) is 5.02 Å². The van der Waals surface area contributed by atoms with E-state index in [9.17, 15) is 27.5 Å². The number of nitrogens with zero attached hydrogens (tertiary/aromatic N) is 3. The van der Waals surface area contributed by atoms with E-state index < -0.39 is 36.0 Å². The van der Waals surface area contributed by atoms with E-state index >= 15 is 0 Å². The number of rotatable bonds is 8. The van der Waals surface area contributed by atoms with Gasteiger partial charge in [0.2, 0.25) is 5.88 Å². The molecule has 0 aliphatic carbocycles. The van der Waals surface area contributed by atoms with Crippen LogP contribution < -0.4 is 4.74 Å². The van der Waals surface area contributed by atoms with Gasteiger partial charge < -0.3 is 19.1 Å². The number of carboxylic acids is 1. The Labute approximate surface area is 241 Å². The summed E-state index contributed by atoms with van der Waals surface area (Å²) in [6.07, 6.45) is -3.62. The molecule has 42 heavy (non-hydrogen) atoms. The summed E-state index contributed by atoms with van der Waals surface area (Å²) < 4.78 is 68.8. The van der Waals surface area contributed by atoms with Crippen molar-refractivity contribution in [2.45, 2.75) is 38.3 Å². The highest BCUT2D eigenvalue weighted by atomic mass is 35.5. The number of benzene rings is 3. The highest BCUT2D eigenvalue weighted by Crippen LogP contribution is 2.38. The minimum atomic E-state index is -4.75. The second-order valence-corrected chi connectivity index (χ2v) is 10.4. The standard InChI is InChI=1S/C30H22ClF4N3O4/c31-20-5-3-19(23(32)13-20)15-42-28-22(30(33,34)35)11-17-2-1-16(9-25(17)37-28)10-27-36-24-6-4-18(29(39)40)12-26(24)38(27)14-21-7-8-41-21/h1-6,9,11-13,21H,7-8,10,14-15H2,(H,39,40)/t21-/m0/s1. The van der Waals surface area contributed by atoms with Crippen molar-refractivity contribution in [2.24, 2.45) is 0 Å². The zero-order chi connectivity index (χ0) is 29.6. The van der Waals surface area contributed by atoms with E-state index in [1.165, 1.54) is 18.2 Å². The second kappa shape index (κ2) is 10.9. The fourth-order valence-corrected chi connectivity index (χ4v) is 5.02. The molecule has 0 bridgehead atoms. The summed E-state index contributed by atoms with van der Waals surface area (Å²) in [5.74, 6) is -1.78. The third kappa shape index (κ3) is 5.62. The van der Waals surface area contributed by atoms with Gasteiger partial charge in [-0.25, -0.2) is 19.2 Å². The Bertz CT molecular complexity index is 1840. The molecule has 2 aromatic heterocycles. The fraction of sp³-hybridized carbons (Fsp3) is 0.233. The van der Waals surface area contributed by atoms with Crippen molar-refractivity contribution < 1.29 is 36.9 Å². The van der Waals surface area contributed by atoms with Crippen molar-refractivity contribution in [3.05, 3.63) is 99.6 Å². The van der Waals surface area contributed by atoms with Crippen LogP contribution in [0.15, 0.2) is 60.7 Å². The number of hydrogen-bond donors (Lipinski definition) is 1. The first kappa shape index (κ1) is 27.9. The van der Waals surface area contributed by atoms with Crippen molar-refractivity contribution in [1.82, 2.24) is 14.5 Å². The van der Waals surface area contributed by atoms with Crippen molar-refractivity contribution in [2.75, 3.05) is 6.61 Å². The number of halogens is 5. The van der Waals surface area contributed by atoms with Gasteiger partial charge in [-0.1, -0.05) is 29.8 Å². The maximum Gasteiger partial charge on any atom is 0.421 e. The van der Waals surface area contributed by atoms with Crippen molar-refractivity contribution in [3.8, 4) is 5.88 Å². The number of imidazole rings is 1. The molecule has 0 radical (unpaired) electrons. The number of alkyl halides is 3. The number of fused-ring (bicyclic) bond motifs is 2. The molecule has 5 aromatic rings. The minimum absolute atomic E-state index is 0.0288. The molecule has 6 rings (SSSR count). The number of pyridine rings is 1. The Morgan fingerprint density at radius 2 is 1.88 bits per heavy atom. The Morgan fingerprint density at radius 1 is 1.07 bits per heavy atom. The summed E-state index contributed by atoms with van der Waals surface area (Å²) >= 11 is 5.77. The summed E-state index contributed by atoms with van der Waals surface area (Å²) in [5.41, 5.74) is 1.33. The van der Waals surface area contributed by atoms with Crippen molar-refractivity contribution in [3.63, 3.8) is 0 Å². The van der Waals surface area contributed by atoms with Gasteiger partial charge in [0.05, 0.1) is 34.8 Å². The zero-order valence-electron chi connectivity index (χ0n) is 21.8. The number of carbonyl (C=O) groups is 1. The van der Waals surface area contributed by atoms with E-state index in [0.717, 1.165) is 18.6 Å².